The van der Waals surface area contributed by atoms with Crippen LogP contribution in [0.1, 0.15) is 5.56 Å². The summed E-state index contributed by atoms with van der Waals surface area (Å²) in [6.45, 7) is 2.74. The van der Waals surface area contributed by atoms with Crippen LogP contribution in [-0.2, 0) is 10.8 Å². The Balaban J connectivity index is 2.45. The van der Waals surface area contributed by atoms with Gasteiger partial charge in [0.2, 0.25) is 0 Å². The predicted octanol–water partition coefficient (Wildman–Crippen LogP) is 1.18. The molecule has 0 bridgehead atoms. The maximum Gasteiger partial charge on any atom is 0.0405 e. The van der Waals surface area contributed by atoms with Crippen LogP contribution in [0.2, 0.25) is 0 Å². The van der Waals surface area contributed by atoms with Gasteiger partial charge in [0.05, 0.1) is 0 Å². The number of pyridine rings is 1. The summed E-state index contributed by atoms with van der Waals surface area (Å²) in [5.41, 5.74) is 2.19. The zero-order valence-electron chi connectivity index (χ0n) is 7.91. The SMILES string of the molecule is Cc1cnccc1NCCS(C)=O. The molecule has 0 fully saturated rings. The summed E-state index contributed by atoms with van der Waals surface area (Å²) >= 11 is 0. The molecule has 0 saturated heterocycles. The molecule has 1 heterocycles. The van der Waals surface area contributed by atoms with Crippen LogP contribution in [0.5, 0.6) is 0 Å². The lowest BCUT2D eigenvalue weighted by molar-refractivity contribution is 0.687. The minimum absolute atomic E-state index is 0.682. The van der Waals surface area contributed by atoms with Gasteiger partial charge < -0.3 is 5.32 Å². The Kier molecular flexibility index (Phi) is 3.89. The van der Waals surface area contributed by atoms with Crippen LogP contribution in [0.25, 0.3) is 0 Å². The molecule has 0 saturated carbocycles. The maximum absolute atomic E-state index is 10.8. The third-order valence-electron chi connectivity index (χ3n) is 1.73. The molecule has 1 N–H and O–H groups in total. The van der Waals surface area contributed by atoms with Gasteiger partial charge in [-0.05, 0) is 18.6 Å². The Labute approximate surface area is 81.0 Å². The van der Waals surface area contributed by atoms with E-state index in [9.17, 15) is 4.21 Å². The normalized spacial score (nSPS) is 12.5. The van der Waals surface area contributed by atoms with E-state index >= 15 is 0 Å². The van der Waals surface area contributed by atoms with Crippen molar-refractivity contribution in [1.82, 2.24) is 4.98 Å². The monoisotopic (exact) mass is 198 g/mol. The molecule has 72 valence electrons. The average Bonchev–Trinajstić information content (AvgIpc) is 2.08. The highest BCUT2D eigenvalue weighted by Crippen LogP contribution is 2.10. The quantitative estimate of drug-likeness (QED) is 0.790. The standard InChI is InChI=1S/C9H14N2OS/c1-8-7-10-4-3-9(8)11-5-6-13(2)12/h3-4,7H,5-6H2,1-2H3,(H,10,11). The van der Waals surface area contributed by atoms with Crippen molar-refractivity contribution in [3.63, 3.8) is 0 Å². The van der Waals surface area contributed by atoms with E-state index in [1.807, 2.05) is 19.2 Å². The topological polar surface area (TPSA) is 42.0 Å². The fourth-order valence-corrected chi connectivity index (χ4v) is 1.39. The highest BCUT2D eigenvalue weighted by Gasteiger charge is 1.96. The Bertz CT molecular complexity index is 301. The van der Waals surface area contributed by atoms with Crippen molar-refractivity contribution in [3.05, 3.63) is 24.0 Å². The number of aryl methyl sites for hydroxylation is 1. The first-order valence-electron chi connectivity index (χ1n) is 4.14. The van der Waals surface area contributed by atoms with Crippen molar-refractivity contribution in [1.29, 1.82) is 0 Å². The first-order valence-corrected chi connectivity index (χ1v) is 5.87. The molecule has 1 unspecified atom stereocenters. The van der Waals surface area contributed by atoms with Crippen LogP contribution in [0.3, 0.4) is 0 Å². The van der Waals surface area contributed by atoms with E-state index in [0.29, 0.717) is 5.75 Å². The van der Waals surface area contributed by atoms with E-state index in [0.717, 1.165) is 17.8 Å². The van der Waals surface area contributed by atoms with Crippen molar-refractivity contribution in [2.45, 2.75) is 6.92 Å². The number of rotatable bonds is 4. The lowest BCUT2D eigenvalue weighted by Crippen LogP contribution is -2.10. The smallest absolute Gasteiger partial charge is 0.0405 e. The van der Waals surface area contributed by atoms with Crippen LogP contribution < -0.4 is 5.32 Å². The summed E-state index contributed by atoms with van der Waals surface area (Å²) in [6, 6.07) is 1.92. The highest BCUT2D eigenvalue weighted by atomic mass is 32.2. The minimum atomic E-state index is -0.724. The number of hydrogen-bond donors (Lipinski definition) is 1. The lowest BCUT2D eigenvalue weighted by Gasteiger charge is -2.06. The fourth-order valence-electron chi connectivity index (χ4n) is 1.00. The maximum atomic E-state index is 10.8. The molecule has 3 nitrogen and oxygen atoms in total. The first-order chi connectivity index (χ1) is 6.20. The first kappa shape index (κ1) is 10.2. The van der Waals surface area contributed by atoms with Gasteiger partial charge in [-0.2, -0.15) is 0 Å². The molecular formula is C9H14N2OS. The predicted molar refractivity (Wildman–Crippen MR) is 56.4 cm³/mol. The van der Waals surface area contributed by atoms with E-state index in [1.54, 1.807) is 12.5 Å². The van der Waals surface area contributed by atoms with Crippen molar-refractivity contribution >= 4 is 16.5 Å². The minimum Gasteiger partial charge on any atom is -0.384 e. The average molecular weight is 198 g/mol. The van der Waals surface area contributed by atoms with Crippen LogP contribution >= 0.6 is 0 Å². The Morgan fingerprint density at radius 2 is 2.38 bits per heavy atom. The molecule has 13 heavy (non-hydrogen) atoms. The molecule has 4 heteroatoms. The Morgan fingerprint density at radius 3 is 3.00 bits per heavy atom. The number of anilines is 1. The molecule has 0 aromatic carbocycles. The second-order valence-corrected chi connectivity index (χ2v) is 4.45. The van der Waals surface area contributed by atoms with Gasteiger partial charge in [0.15, 0.2) is 0 Å². The van der Waals surface area contributed by atoms with Crippen LogP contribution in [0.15, 0.2) is 18.5 Å². The van der Waals surface area contributed by atoms with Gasteiger partial charge in [0, 0.05) is 47.4 Å². The molecule has 1 atom stereocenters. The van der Waals surface area contributed by atoms with E-state index in [4.69, 9.17) is 0 Å². The van der Waals surface area contributed by atoms with E-state index in [1.165, 1.54) is 0 Å². The van der Waals surface area contributed by atoms with Gasteiger partial charge >= 0.3 is 0 Å². The van der Waals surface area contributed by atoms with Gasteiger partial charge in [-0.15, -0.1) is 0 Å². The zero-order chi connectivity index (χ0) is 9.68. The van der Waals surface area contributed by atoms with Crippen LogP contribution in [0, 0.1) is 6.92 Å². The number of hydrogen-bond acceptors (Lipinski definition) is 3. The molecule has 0 spiro atoms. The zero-order valence-corrected chi connectivity index (χ0v) is 8.73. The molecule has 0 aliphatic heterocycles. The van der Waals surface area contributed by atoms with E-state index in [2.05, 4.69) is 10.3 Å². The second-order valence-electron chi connectivity index (χ2n) is 2.89. The molecular weight excluding hydrogens is 184 g/mol. The van der Waals surface area contributed by atoms with Gasteiger partial charge in [-0.1, -0.05) is 0 Å². The van der Waals surface area contributed by atoms with E-state index < -0.39 is 10.8 Å². The highest BCUT2D eigenvalue weighted by molar-refractivity contribution is 7.84. The summed E-state index contributed by atoms with van der Waals surface area (Å²) in [7, 11) is -0.724. The number of nitrogens with zero attached hydrogens (tertiary/aromatic N) is 1. The molecule has 1 rings (SSSR count). The van der Waals surface area contributed by atoms with Gasteiger partial charge in [-0.25, -0.2) is 0 Å². The number of nitrogens with one attached hydrogen (secondary N) is 1. The van der Waals surface area contributed by atoms with Crippen molar-refractivity contribution in [3.8, 4) is 0 Å². The molecule has 0 amide bonds. The molecule has 0 aliphatic carbocycles. The molecule has 0 radical (unpaired) electrons. The third kappa shape index (κ3) is 3.55. The van der Waals surface area contributed by atoms with E-state index in [-0.39, 0.29) is 0 Å². The van der Waals surface area contributed by atoms with Crippen molar-refractivity contribution in [2.75, 3.05) is 23.9 Å². The Hall–Kier alpha value is -0.900. The van der Waals surface area contributed by atoms with Gasteiger partial charge in [-0.3, -0.25) is 9.19 Å². The summed E-state index contributed by atoms with van der Waals surface area (Å²) in [4.78, 5) is 3.99. The van der Waals surface area contributed by atoms with Crippen LogP contribution in [0.4, 0.5) is 5.69 Å². The van der Waals surface area contributed by atoms with Gasteiger partial charge in [0.25, 0.3) is 0 Å². The molecule has 1 aromatic heterocycles. The summed E-state index contributed by atoms with van der Waals surface area (Å²) in [5.74, 6) is 0.682. The largest absolute Gasteiger partial charge is 0.384 e. The summed E-state index contributed by atoms with van der Waals surface area (Å²) < 4.78 is 10.8. The van der Waals surface area contributed by atoms with Crippen molar-refractivity contribution < 1.29 is 4.21 Å². The fraction of sp³-hybridized carbons (Fsp3) is 0.444. The summed E-state index contributed by atoms with van der Waals surface area (Å²) in [5, 5.41) is 3.21. The molecule has 0 aliphatic rings. The Morgan fingerprint density at radius 1 is 1.62 bits per heavy atom. The third-order valence-corrected chi connectivity index (χ3v) is 2.50. The van der Waals surface area contributed by atoms with Crippen molar-refractivity contribution in [2.24, 2.45) is 0 Å². The van der Waals surface area contributed by atoms with Gasteiger partial charge in [0.1, 0.15) is 0 Å². The second kappa shape index (κ2) is 4.97. The summed E-state index contributed by atoms with van der Waals surface area (Å²) in [6.07, 6.45) is 5.27. The number of aromatic nitrogens is 1. The molecule has 1 aromatic rings. The lowest BCUT2D eigenvalue weighted by atomic mass is 10.2. The van der Waals surface area contributed by atoms with Crippen LogP contribution in [-0.4, -0.2) is 27.7 Å².